The lowest BCUT2D eigenvalue weighted by atomic mass is 10.1. The Kier molecular flexibility index (Phi) is 6.73. The molecular formula is C28H26N2O2. The van der Waals surface area contributed by atoms with Crippen LogP contribution in [0.1, 0.15) is 11.1 Å². The molecule has 0 amide bonds. The van der Waals surface area contributed by atoms with E-state index in [9.17, 15) is 0 Å². The van der Waals surface area contributed by atoms with Gasteiger partial charge in [-0.3, -0.25) is 0 Å². The molecule has 4 rings (SSSR count). The Bertz CT molecular complexity index is 1050. The van der Waals surface area contributed by atoms with Gasteiger partial charge in [-0.1, -0.05) is 36.4 Å². The van der Waals surface area contributed by atoms with Gasteiger partial charge in [-0.25, -0.2) is 0 Å². The number of hydrogen-bond acceptors (Lipinski definition) is 4. The minimum absolute atomic E-state index is 0.848. The summed E-state index contributed by atoms with van der Waals surface area (Å²) in [4.78, 5) is 0. The van der Waals surface area contributed by atoms with Gasteiger partial charge in [0.15, 0.2) is 0 Å². The van der Waals surface area contributed by atoms with E-state index >= 15 is 0 Å². The third kappa shape index (κ3) is 5.70. The molecule has 0 saturated carbocycles. The van der Waals surface area contributed by atoms with Gasteiger partial charge in [0, 0.05) is 22.7 Å². The van der Waals surface area contributed by atoms with Crippen LogP contribution in [0, 0.1) is 0 Å². The van der Waals surface area contributed by atoms with E-state index in [1.54, 1.807) is 14.2 Å². The molecule has 0 aromatic heterocycles. The second-order valence-electron chi connectivity index (χ2n) is 7.28. The molecule has 0 saturated heterocycles. The molecule has 0 aliphatic rings. The van der Waals surface area contributed by atoms with Crippen LogP contribution in [0.25, 0.3) is 12.2 Å². The van der Waals surface area contributed by atoms with Crippen LogP contribution in [-0.2, 0) is 0 Å². The van der Waals surface area contributed by atoms with Gasteiger partial charge in [-0.15, -0.1) is 0 Å². The van der Waals surface area contributed by atoms with Crippen molar-refractivity contribution in [2.45, 2.75) is 0 Å². The van der Waals surface area contributed by atoms with Crippen molar-refractivity contribution in [2.75, 3.05) is 24.9 Å². The molecule has 2 N–H and O–H groups in total. The maximum atomic E-state index is 5.20. The number of anilines is 4. The van der Waals surface area contributed by atoms with Crippen LogP contribution in [0.3, 0.4) is 0 Å². The molecule has 0 bridgehead atoms. The molecule has 4 nitrogen and oxygen atoms in total. The fourth-order valence-corrected chi connectivity index (χ4v) is 3.23. The summed E-state index contributed by atoms with van der Waals surface area (Å²) in [6, 6.07) is 32.5. The standard InChI is InChI=1S/C28H26N2O2/c1-31-27-17-13-25(14-18-27)29-23-9-5-21(6-10-23)3-4-22-7-11-24(12-8-22)30-26-15-19-28(32-2)20-16-26/h3-20,29-30H,1-2H3/b4-3+. The molecule has 0 aliphatic heterocycles. The first kappa shape index (κ1) is 21.1. The second-order valence-corrected chi connectivity index (χ2v) is 7.28. The van der Waals surface area contributed by atoms with Gasteiger partial charge in [-0.2, -0.15) is 0 Å². The lowest BCUT2D eigenvalue weighted by molar-refractivity contribution is 0.415. The van der Waals surface area contributed by atoms with Crippen LogP contribution < -0.4 is 20.1 Å². The van der Waals surface area contributed by atoms with Gasteiger partial charge in [0.2, 0.25) is 0 Å². The minimum atomic E-state index is 0.848. The average molecular weight is 423 g/mol. The van der Waals surface area contributed by atoms with Crippen LogP contribution in [0.4, 0.5) is 22.7 Å². The Morgan fingerprint density at radius 2 is 0.719 bits per heavy atom. The maximum Gasteiger partial charge on any atom is 0.119 e. The summed E-state index contributed by atoms with van der Waals surface area (Å²) in [6.45, 7) is 0. The van der Waals surface area contributed by atoms with E-state index in [1.165, 1.54) is 0 Å². The number of hydrogen-bond donors (Lipinski definition) is 2. The Morgan fingerprint density at radius 3 is 1.00 bits per heavy atom. The Morgan fingerprint density at radius 1 is 0.438 bits per heavy atom. The summed E-state index contributed by atoms with van der Waals surface area (Å²) in [7, 11) is 3.34. The molecule has 160 valence electrons. The number of methoxy groups -OCH3 is 2. The van der Waals surface area contributed by atoms with Gasteiger partial charge >= 0.3 is 0 Å². The zero-order valence-corrected chi connectivity index (χ0v) is 18.2. The van der Waals surface area contributed by atoms with E-state index in [0.717, 1.165) is 45.4 Å². The molecule has 4 heteroatoms. The number of ether oxygens (including phenoxy) is 2. The molecule has 0 atom stereocenters. The summed E-state index contributed by atoms with van der Waals surface area (Å²) in [5, 5.41) is 6.79. The van der Waals surface area contributed by atoms with Gasteiger partial charge in [-0.05, 0) is 83.9 Å². The summed E-state index contributed by atoms with van der Waals surface area (Å²) < 4.78 is 10.4. The van der Waals surface area contributed by atoms with Crippen molar-refractivity contribution in [3.05, 3.63) is 108 Å². The van der Waals surface area contributed by atoms with Gasteiger partial charge in [0.05, 0.1) is 14.2 Å². The zero-order chi connectivity index (χ0) is 22.2. The Labute approximate surface area is 189 Å². The monoisotopic (exact) mass is 422 g/mol. The molecule has 0 heterocycles. The highest BCUT2D eigenvalue weighted by Gasteiger charge is 1.98. The molecule has 0 aliphatic carbocycles. The fourth-order valence-electron chi connectivity index (χ4n) is 3.23. The molecule has 0 unspecified atom stereocenters. The Hall–Kier alpha value is -4.18. The molecule has 32 heavy (non-hydrogen) atoms. The number of rotatable bonds is 8. The minimum Gasteiger partial charge on any atom is -0.497 e. The van der Waals surface area contributed by atoms with Crippen LogP contribution in [0.5, 0.6) is 11.5 Å². The highest BCUT2D eigenvalue weighted by Crippen LogP contribution is 2.22. The summed E-state index contributed by atoms with van der Waals surface area (Å²) in [5.74, 6) is 1.70. The smallest absolute Gasteiger partial charge is 0.119 e. The third-order valence-corrected chi connectivity index (χ3v) is 5.05. The highest BCUT2D eigenvalue weighted by molar-refractivity contribution is 5.72. The van der Waals surface area contributed by atoms with Crippen molar-refractivity contribution in [1.82, 2.24) is 0 Å². The molecule has 0 radical (unpaired) electrons. The van der Waals surface area contributed by atoms with E-state index in [2.05, 4.69) is 71.3 Å². The normalized spacial score (nSPS) is 10.7. The summed E-state index contributed by atoms with van der Waals surface area (Å²) in [6.07, 6.45) is 4.23. The topological polar surface area (TPSA) is 42.5 Å². The van der Waals surface area contributed by atoms with Gasteiger partial charge < -0.3 is 20.1 Å². The van der Waals surface area contributed by atoms with Crippen molar-refractivity contribution in [3.8, 4) is 11.5 Å². The van der Waals surface area contributed by atoms with Crippen molar-refractivity contribution in [1.29, 1.82) is 0 Å². The van der Waals surface area contributed by atoms with Crippen LogP contribution in [0.15, 0.2) is 97.1 Å². The SMILES string of the molecule is COc1ccc(Nc2ccc(/C=C/c3ccc(Nc4ccc(OC)cc4)cc3)cc2)cc1. The second kappa shape index (κ2) is 10.2. The zero-order valence-electron chi connectivity index (χ0n) is 18.2. The largest absolute Gasteiger partial charge is 0.497 e. The van der Waals surface area contributed by atoms with E-state index in [-0.39, 0.29) is 0 Å². The van der Waals surface area contributed by atoms with E-state index < -0.39 is 0 Å². The van der Waals surface area contributed by atoms with E-state index in [1.807, 2.05) is 48.5 Å². The van der Waals surface area contributed by atoms with Gasteiger partial charge in [0.1, 0.15) is 11.5 Å². The summed E-state index contributed by atoms with van der Waals surface area (Å²) >= 11 is 0. The molecule has 4 aromatic carbocycles. The fraction of sp³-hybridized carbons (Fsp3) is 0.0714. The lowest BCUT2D eigenvalue weighted by Crippen LogP contribution is -1.90. The molecule has 4 aromatic rings. The first-order valence-corrected chi connectivity index (χ1v) is 10.4. The summed E-state index contributed by atoms with van der Waals surface area (Å²) in [5.41, 5.74) is 6.42. The van der Waals surface area contributed by atoms with Crippen molar-refractivity contribution >= 4 is 34.9 Å². The molecule has 0 spiro atoms. The lowest BCUT2D eigenvalue weighted by Gasteiger charge is -2.08. The van der Waals surface area contributed by atoms with Crippen LogP contribution >= 0.6 is 0 Å². The van der Waals surface area contributed by atoms with Gasteiger partial charge in [0.25, 0.3) is 0 Å². The predicted octanol–water partition coefficient (Wildman–Crippen LogP) is 7.36. The van der Waals surface area contributed by atoms with Crippen LogP contribution in [0.2, 0.25) is 0 Å². The number of nitrogens with one attached hydrogen (secondary N) is 2. The number of benzene rings is 4. The molecular weight excluding hydrogens is 396 g/mol. The van der Waals surface area contributed by atoms with E-state index in [0.29, 0.717) is 0 Å². The predicted molar refractivity (Wildman–Crippen MR) is 134 cm³/mol. The van der Waals surface area contributed by atoms with Crippen LogP contribution in [-0.4, -0.2) is 14.2 Å². The molecule has 0 fully saturated rings. The van der Waals surface area contributed by atoms with Crippen molar-refractivity contribution in [2.24, 2.45) is 0 Å². The maximum absolute atomic E-state index is 5.20. The average Bonchev–Trinajstić information content (AvgIpc) is 2.85. The van der Waals surface area contributed by atoms with Crippen molar-refractivity contribution < 1.29 is 9.47 Å². The Balaban J connectivity index is 1.34. The third-order valence-electron chi connectivity index (χ3n) is 5.05. The van der Waals surface area contributed by atoms with Crippen molar-refractivity contribution in [3.63, 3.8) is 0 Å². The highest BCUT2D eigenvalue weighted by atomic mass is 16.5. The first-order chi connectivity index (χ1) is 15.7. The van der Waals surface area contributed by atoms with E-state index in [4.69, 9.17) is 9.47 Å². The first-order valence-electron chi connectivity index (χ1n) is 10.4. The quantitative estimate of drug-likeness (QED) is 0.291.